The zero-order chi connectivity index (χ0) is 13.1. The van der Waals surface area contributed by atoms with Gasteiger partial charge in [-0.1, -0.05) is 0 Å². The quantitative estimate of drug-likeness (QED) is 0.861. The summed E-state index contributed by atoms with van der Waals surface area (Å²) in [7, 11) is 0. The summed E-state index contributed by atoms with van der Waals surface area (Å²) in [4.78, 5) is 24.8. The van der Waals surface area contributed by atoms with Gasteiger partial charge in [-0.05, 0) is 31.9 Å². The van der Waals surface area contributed by atoms with Crippen LogP contribution >= 0.6 is 0 Å². The van der Waals surface area contributed by atoms with Crippen LogP contribution in [0.25, 0.3) is 0 Å². The van der Waals surface area contributed by atoms with Crippen molar-refractivity contribution in [3.8, 4) is 0 Å². The van der Waals surface area contributed by atoms with Gasteiger partial charge in [0.05, 0.1) is 0 Å². The van der Waals surface area contributed by atoms with Crippen molar-refractivity contribution < 1.29 is 14.0 Å². The molecule has 2 amide bonds. The summed E-state index contributed by atoms with van der Waals surface area (Å²) in [5, 5.41) is 2.94. The average molecular weight is 250 g/mol. The summed E-state index contributed by atoms with van der Waals surface area (Å²) in [6.07, 6.45) is 1.59. The number of hydrogen-bond donors (Lipinski definition) is 1. The standard InChI is InChI=1S/C13H18N2O3/c1-9-3-4-12(18-9)13(17)14-11-5-7-15(8-6-11)10(2)16/h3-4,11H,5-8H2,1-2H3,(H,14,17). The van der Waals surface area contributed by atoms with E-state index in [1.54, 1.807) is 24.0 Å². The number of hydrogen-bond acceptors (Lipinski definition) is 3. The molecule has 0 saturated carbocycles. The van der Waals surface area contributed by atoms with Crippen molar-refractivity contribution in [2.75, 3.05) is 13.1 Å². The zero-order valence-corrected chi connectivity index (χ0v) is 10.7. The third kappa shape index (κ3) is 2.91. The Labute approximate surface area is 106 Å². The highest BCUT2D eigenvalue weighted by molar-refractivity contribution is 5.91. The Morgan fingerprint density at radius 2 is 2.00 bits per heavy atom. The van der Waals surface area contributed by atoms with Crippen molar-refractivity contribution >= 4 is 11.8 Å². The number of likely N-dealkylation sites (tertiary alicyclic amines) is 1. The first kappa shape index (κ1) is 12.7. The molecule has 18 heavy (non-hydrogen) atoms. The first-order chi connectivity index (χ1) is 8.56. The molecule has 1 fully saturated rings. The largest absolute Gasteiger partial charge is 0.456 e. The Hall–Kier alpha value is -1.78. The van der Waals surface area contributed by atoms with Gasteiger partial charge < -0.3 is 14.6 Å². The molecule has 0 unspecified atom stereocenters. The van der Waals surface area contributed by atoms with E-state index in [4.69, 9.17) is 4.42 Å². The van der Waals surface area contributed by atoms with Crippen LogP contribution in [-0.2, 0) is 4.79 Å². The number of furan rings is 1. The van der Waals surface area contributed by atoms with E-state index >= 15 is 0 Å². The highest BCUT2D eigenvalue weighted by atomic mass is 16.3. The summed E-state index contributed by atoms with van der Waals surface area (Å²) in [6.45, 7) is 4.79. The second-order valence-electron chi connectivity index (χ2n) is 4.66. The predicted octanol–water partition coefficient (Wildman–Crippen LogP) is 1.33. The SMILES string of the molecule is CC(=O)N1CCC(NC(=O)c2ccc(C)o2)CC1. The van der Waals surface area contributed by atoms with Crippen LogP contribution in [0.15, 0.2) is 16.5 Å². The third-order valence-corrected chi connectivity index (χ3v) is 3.24. The van der Waals surface area contributed by atoms with Crippen LogP contribution in [0.2, 0.25) is 0 Å². The molecule has 1 aromatic heterocycles. The van der Waals surface area contributed by atoms with Gasteiger partial charge in [-0.15, -0.1) is 0 Å². The maximum atomic E-state index is 11.9. The molecular weight excluding hydrogens is 232 g/mol. The molecule has 5 heteroatoms. The van der Waals surface area contributed by atoms with Crippen molar-refractivity contribution in [2.24, 2.45) is 0 Å². The lowest BCUT2D eigenvalue weighted by atomic mass is 10.0. The first-order valence-corrected chi connectivity index (χ1v) is 6.19. The Morgan fingerprint density at radius 1 is 1.33 bits per heavy atom. The first-order valence-electron chi connectivity index (χ1n) is 6.19. The topological polar surface area (TPSA) is 62.6 Å². The number of carbonyl (C=O) groups excluding carboxylic acids is 2. The maximum Gasteiger partial charge on any atom is 0.287 e. The van der Waals surface area contributed by atoms with Gasteiger partial charge in [0.25, 0.3) is 5.91 Å². The van der Waals surface area contributed by atoms with Gasteiger partial charge in [0.2, 0.25) is 5.91 Å². The molecule has 0 atom stereocenters. The molecule has 1 N–H and O–H groups in total. The normalized spacial score (nSPS) is 16.7. The zero-order valence-electron chi connectivity index (χ0n) is 10.7. The Morgan fingerprint density at radius 3 is 2.50 bits per heavy atom. The molecule has 0 aliphatic carbocycles. The van der Waals surface area contributed by atoms with Crippen LogP contribution in [0.1, 0.15) is 36.1 Å². The van der Waals surface area contributed by atoms with Crippen LogP contribution < -0.4 is 5.32 Å². The molecule has 1 aliphatic heterocycles. The molecule has 1 saturated heterocycles. The van der Waals surface area contributed by atoms with E-state index in [2.05, 4.69) is 5.32 Å². The molecule has 2 rings (SSSR count). The molecule has 5 nitrogen and oxygen atoms in total. The van der Waals surface area contributed by atoms with Crippen LogP contribution in [0, 0.1) is 6.92 Å². The molecule has 0 aromatic carbocycles. The number of nitrogens with one attached hydrogen (secondary N) is 1. The third-order valence-electron chi connectivity index (χ3n) is 3.24. The second kappa shape index (κ2) is 5.25. The van der Waals surface area contributed by atoms with E-state index in [1.165, 1.54) is 0 Å². The van der Waals surface area contributed by atoms with Crippen LogP contribution in [0.5, 0.6) is 0 Å². The minimum Gasteiger partial charge on any atom is -0.456 e. The van der Waals surface area contributed by atoms with Crippen LogP contribution in [0.4, 0.5) is 0 Å². The number of carbonyl (C=O) groups is 2. The minimum atomic E-state index is -0.177. The second-order valence-corrected chi connectivity index (χ2v) is 4.66. The molecule has 2 heterocycles. The number of piperidine rings is 1. The predicted molar refractivity (Wildman–Crippen MR) is 66.2 cm³/mol. The number of amides is 2. The smallest absolute Gasteiger partial charge is 0.287 e. The highest BCUT2D eigenvalue weighted by Gasteiger charge is 2.23. The van der Waals surface area contributed by atoms with Crippen LogP contribution in [-0.4, -0.2) is 35.8 Å². The fourth-order valence-corrected chi connectivity index (χ4v) is 2.15. The summed E-state index contributed by atoms with van der Waals surface area (Å²) in [5.74, 6) is 0.999. The molecule has 0 radical (unpaired) electrons. The lowest BCUT2D eigenvalue weighted by Crippen LogP contribution is -2.45. The van der Waals surface area contributed by atoms with Gasteiger partial charge >= 0.3 is 0 Å². The van der Waals surface area contributed by atoms with Crippen molar-refractivity contribution in [1.29, 1.82) is 0 Å². The summed E-state index contributed by atoms with van der Waals surface area (Å²) >= 11 is 0. The Balaban J connectivity index is 1.85. The van der Waals surface area contributed by atoms with Gasteiger partial charge in [-0.2, -0.15) is 0 Å². The average Bonchev–Trinajstić information content (AvgIpc) is 2.76. The van der Waals surface area contributed by atoms with Crippen LogP contribution in [0.3, 0.4) is 0 Å². The van der Waals surface area contributed by atoms with Gasteiger partial charge in [0, 0.05) is 26.1 Å². The van der Waals surface area contributed by atoms with E-state index in [1.807, 2.05) is 6.92 Å². The maximum absolute atomic E-state index is 11.9. The van der Waals surface area contributed by atoms with Crippen molar-refractivity contribution in [2.45, 2.75) is 32.7 Å². The van der Waals surface area contributed by atoms with Gasteiger partial charge in [-0.25, -0.2) is 0 Å². The number of rotatable bonds is 2. The highest BCUT2D eigenvalue weighted by Crippen LogP contribution is 2.12. The Kier molecular flexibility index (Phi) is 3.69. The summed E-state index contributed by atoms with van der Waals surface area (Å²) in [6, 6.07) is 3.57. The fraction of sp³-hybridized carbons (Fsp3) is 0.538. The van der Waals surface area contributed by atoms with Gasteiger partial charge in [0.15, 0.2) is 5.76 Å². The van der Waals surface area contributed by atoms with E-state index in [-0.39, 0.29) is 17.9 Å². The molecule has 0 spiro atoms. The Bertz CT molecular complexity index is 445. The molecule has 0 bridgehead atoms. The van der Waals surface area contributed by atoms with Crippen molar-refractivity contribution in [1.82, 2.24) is 10.2 Å². The monoisotopic (exact) mass is 250 g/mol. The van der Waals surface area contributed by atoms with E-state index in [0.29, 0.717) is 18.8 Å². The van der Waals surface area contributed by atoms with Gasteiger partial charge in [-0.3, -0.25) is 9.59 Å². The summed E-state index contributed by atoms with van der Waals surface area (Å²) in [5.41, 5.74) is 0. The van der Waals surface area contributed by atoms with E-state index in [0.717, 1.165) is 18.6 Å². The lowest BCUT2D eigenvalue weighted by Gasteiger charge is -2.31. The van der Waals surface area contributed by atoms with Crippen molar-refractivity contribution in [3.05, 3.63) is 23.7 Å². The number of nitrogens with zero attached hydrogens (tertiary/aromatic N) is 1. The van der Waals surface area contributed by atoms with Gasteiger partial charge in [0.1, 0.15) is 5.76 Å². The van der Waals surface area contributed by atoms with Crippen molar-refractivity contribution in [3.63, 3.8) is 0 Å². The molecule has 1 aliphatic rings. The lowest BCUT2D eigenvalue weighted by molar-refractivity contribution is -0.129. The minimum absolute atomic E-state index is 0.0986. The summed E-state index contributed by atoms with van der Waals surface area (Å²) < 4.78 is 5.27. The molecule has 98 valence electrons. The van der Waals surface area contributed by atoms with E-state index in [9.17, 15) is 9.59 Å². The number of aryl methyl sites for hydroxylation is 1. The fourth-order valence-electron chi connectivity index (χ4n) is 2.15. The molecule has 1 aromatic rings. The van der Waals surface area contributed by atoms with E-state index < -0.39 is 0 Å². The molecular formula is C13H18N2O3.